The van der Waals surface area contributed by atoms with E-state index in [1.54, 1.807) is 12.1 Å². The first-order chi connectivity index (χ1) is 8.74. The van der Waals surface area contributed by atoms with E-state index in [4.69, 9.17) is 11.6 Å². The average molecular weight is 262 g/mol. The smallest absolute Gasteiger partial charge is 0.128 e. The highest BCUT2D eigenvalue weighted by molar-refractivity contribution is 6.31. The van der Waals surface area contributed by atoms with Gasteiger partial charge in [-0.05, 0) is 28.8 Å². The van der Waals surface area contributed by atoms with E-state index in [2.05, 4.69) is 23.5 Å². The molecule has 0 saturated carbocycles. The van der Waals surface area contributed by atoms with Crippen molar-refractivity contribution < 1.29 is 4.39 Å². The molecule has 18 heavy (non-hydrogen) atoms. The summed E-state index contributed by atoms with van der Waals surface area (Å²) in [5.41, 5.74) is 4.31. The molecule has 0 unspecified atom stereocenters. The van der Waals surface area contributed by atoms with Crippen LogP contribution in [-0.4, -0.2) is 0 Å². The lowest BCUT2D eigenvalue weighted by atomic mass is 10.0. The second-order valence-electron chi connectivity index (χ2n) is 4.58. The van der Waals surface area contributed by atoms with E-state index in [0.29, 0.717) is 17.0 Å². The molecule has 0 atom stereocenters. The Balaban J connectivity index is 1.93. The molecule has 3 rings (SSSR count). The first-order valence-corrected chi connectivity index (χ1v) is 6.36. The van der Waals surface area contributed by atoms with Gasteiger partial charge in [-0.25, -0.2) is 4.39 Å². The van der Waals surface area contributed by atoms with Crippen molar-refractivity contribution in [3.8, 4) is 0 Å². The quantitative estimate of drug-likeness (QED) is 0.870. The van der Waals surface area contributed by atoms with E-state index < -0.39 is 0 Å². The Morgan fingerprint density at radius 1 is 1.11 bits per heavy atom. The van der Waals surface area contributed by atoms with Crippen molar-refractivity contribution in [2.45, 2.75) is 19.5 Å². The first kappa shape index (κ1) is 11.7. The molecule has 1 N–H and O–H groups in total. The molecule has 0 bridgehead atoms. The van der Waals surface area contributed by atoms with Crippen LogP contribution in [0.3, 0.4) is 0 Å². The van der Waals surface area contributed by atoms with Crippen molar-refractivity contribution >= 4 is 11.6 Å². The molecular weight excluding hydrogens is 249 g/mol. The molecule has 0 aliphatic carbocycles. The zero-order valence-corrected chi connectivity index (χ0v) is 10.6. The summed E-state index contributed by atoms with van der Waals surface area (Å²) in [6.07, 6.45) is 0.540. The fourth-order valence-electron chi connectivity index (χ4n) is 2.36. The van der Waals surface area contributed by atoms with Crippen LogP contribution in [0, 0.1) is 5.82 Å². The van der Waals surface area contributed by atoms with Crippen molar-refractivity contribution in [1.29, 1.82) is 0 Å². The van der Waals surface area contributed by atoms with Gasteiger partial charge >= 0.3 is 0 Å². The molecule has 3 heteroatoms. The van der Waals surface area contributed by atoms with Crippen LogP contribution in [0.15, 0.2) is 36.4 Å². The van der Waals surface area contributed by atoms with Crippen LogP contribution in [0.25, 0.3) is 0 Å². The normalized spacial score (nSPS) is 13.7. The predicted octanol–water partition coefficient (Wildman–Crippen LogP) is 3.67. The Morgan fingerprint density at radius 2 is 1.94 bits per heavy atom. The summed E-state index contributed by atoms with van der Waals surface area (Å²) in [5.74, 6) is -0.235. The highest BCUT2D eigenvalue weighted by Crippen LogP contribution is 2.24. The second kappa shape index (κ2) is 4.71. The number of benzene rings is 2. The molecule has 0 saturated heterocycles. The molecule has 0 aromatic heterocycles. The van der Waals surface area contributed by atoms with Gasteiger partial charge < -0.3 is 5.32 Å². The van der Waals surface area contributed by atoms with E-state index in [1.165, 1.54) is 17.2 Å². The van der Waals surface area contributed by atoms with E-state index >= 15 is 0 Å². The van der Waals surface area contributed by atoms with E-state index in [0.717, 1.165) is 18.7 Å². The summed E-state index contributed by atoms with van der Waals surface area (Å²) in [4.78, 5) is 0. The molecule has 1 aliphatic heterocycles. The number of fused-ring (bicyclic) bond motifs is 1. The Morgan fingerprint density at radius 3 is 2.78 bits per heavy atom. The Labute approximate surface area is 111 Å². The maximum atomic E-state index is 13.7. The summed E-state index contributed by atoms with van der Waals surface area (Å²) < 4.78 is 13.7. The average Bonchev–Trinajstić information content (AvgIpc) is 2.81. The van der Waals surface area contributed by atoms with Crippen LogP contribution in [-0.2, 0) is 19.5 Å². The van der Waals surface area contributed by atoms with Gasteiger partial charge in [0.05, 0.1) is 0 Å². The lowest BCUT2D eigenvalue weighted by Crippen LogP contribution is -2.00. The molecule has 1 heterocycles. The van der Waals surface area contributed by atoms with Gasteiger partial charge in [-0.15, -0.1) is 0 Å². The van der Waals surface area contributed by atoms with Crippen molar-refractivity contribution in [2.75, 3.05) is 0 Å². The Kier molecular flexibility index (Phi) is 3.06. The van der Waals surface area contributed by atoms with Crippen molar-refractivity contribution in [3.63, 3.8) is 0 Å². The predicted molar refractivity (Wildman–Crippen MR) is 71.2 cm³/mol. The van der Waals surface area contributed by atoms with E-state index in [-0.39, 0.29) is 5.82 Å². The fraction of sp³-hybridized carbons (Fsp3) is 0.200. The number of rotatable bonds is 2. The third kappa shape index (κ3) is 2.14. The molecule has 0 radical (unpaired) electrons. The van der Waals surface area contributed by atoms with Gasteiger partial charge in [0.2, 0.25) is 0 Å². The third-order valence-electron chi connectivity index (χ3n) is 3.34. The second-order valence-corrected chi connectivity index (χ2v) is 4.99. The van der Waals surface area contributed by atoms with Crippen LogP contribution in [0.2, 0.25) is 5.02 Å². The van der Waals surface area contributed by atoms with Crippen molar-refractivity contribution in [3.05, 3.63) is 69.5 Å². The fourth-order valence-corrected chi connectivity index (χ4v) is 2.59. The standard InChI is InChI=1S/C15H13ClFN/c16-14-2-1-3-15(17)13(14)7-10-4-5-11-8-18-9-12(11)6-10/h1-6,18H,7-9H2. The van der Waals surface area contributed by atoms with Gasteiger partial charge in [0.1, 0.15) is 5.82 Å². The minimum absolute atomic E-state index is 0.235. The van der Waals surface area contributed by atoms with Crippen LogP contribution in [0.1, 0.15) is 22.3 Å². The SMILES string of the molecule is Fc1cccc(Cl)c1Cc1ccc2c(c1)CNC2. The molecule has 2 aromatic rings. The summed E-state index contributed by atoms with van der Waals surface area (Å²) in [6, 6.07) is 11.1. The summed E-state index contributed by atoms with van der Waals surface area (Å²) >= 11 is 6.04. The topological polar surface area (TPSA) is 12.0 Å². The van der Waals surface area contributed by atoms with Crippen LogP contribution >= 0.6 is 11.6 Å². The zero-order chi connectivity index (χ0) is 12.5. The third-order valence-corrected chi connectivity index (χ3v) is 3.70. The molecule has 92 valence electrons. The minimum Gasteiger partial charge on any atom is -0.309 e. The van der Waals surface area contributed by atoms with Gasteiger partial charge in [0.25, 0.3) is 0 Å². The van der Waals surface area contributed by atoms with Crippen molar-refractivity contribution in [2.24, 2.45) is 0 Å². The van der Waals surface area contributed by atoms with Crippen LogP contribution in [0.4, 0.5) is 4.39 Å². The minimum atomic E-state index is -0.235. The summed E-state index contributed by atoms with van der Waals surface area (Å²) in [5, 5.41) is 3.80. The molecule has 0 amide bonds. The maximum Gasteiger partial charge on any atom is 0.128 e. The Bertz CT molecular complexity index is 575. The number of hydrogen-bond donors (Lipinski definition) is 1. The number of nitrogens with one attached hydrogen (secondary N) is 1. The molecular formula is C15H13ClFN. The van der Waals surface area contributed by atoms with Crippen molar-refractivity contribution in [1.82, 2.24) is 5.32 Å². The van der Waals surface area contributed by atoms with Gasteiger partial charge in [-0.3, -0.25) is 0 Å². The first-order valence-electron chi connectivity index (χ1n) is 5.98. The summed E-state index contributed by atoms with van der Waals surface area (Å²) in [7, 11) is 0. The Hall–Kier alpha value is -1.38. The van der Waals surface area contributed by atoms with Crippen LogP contribution < -0.4 is 5.32 Å². The molecule has 1 nitrogen and oxygen atoms in total. The van der Waals surface area contributed by atoms with E-state index in [9.17, 15) is 4.39 Å². The highest BCUT2D eigenvalue weighted by Gasteiger charge is 2.12. The number of halogens is 2. The molecule has 1 aliphatic rings. The maximum absolute atomic E-state index is 13.7. The van der Waals surface area contributed by atoms with E-state index in [1.807, 2.05) is 0 Å². The summed E-state index contributed by atoms with van der Waals surface area (Å²) in [6.45, 7) is 1.82. The van der Waals surface area contributed by atoms with Gasteiger partial charge in [-0.1, -0.05) is 35.9 Å². The van der Waals surface area contributed by atoms with Gasteiger partial charge in [0.15, 0.2) is 0 Å². The zero-order valence-electron chi connectivity index (χ0n) is 9.84. The number of hydrogen-bond acceptors (Lipinski definition) is 1. The molecule has 0 fully saturated rings. The van der Waals surface area contributed by atoms with Crippen LogP contribution in [0.5, 0.6) is 0 Å². The van der Waals surface area contributed by atoms with Gasteiger partial charge in [0, 0.05) is 30.1 Å². The largest absolute Gasteiger partial charge is 0.309 e. The molecule has 0 spiro atoms. The van der Waals surface area contributed by atoms with Gasteiger partial charge in [-0.2, -0.15) is 0 Å². The highest BCUT2D eigenvalue weighted by atomic mass is 35.5. The monoisotopic (exact) mass is 261 g/mol. The lowest BCUT2D eigenvalue weighted by Gasteiger charge is -2.07. The molecule has 2 aromatic carbocycles. The lowest BCUT2D eigenvalue weighted by molar-refractivity contribution is 0.614.